The quantitative estimate of drug-likeness (QED) is 0.243. The first kappa shape index (κ1) is 20.4. The van der Waals surface area contributed by atoms with E-state index in [1.807, 2.05) is 0 Å². The zero-order valence-electron chi connectivity index (χ0n) is 19.5. The van der Waals surface area contributed by atoms with Crippen molar-refractivity contribution in [2.75, 3.05) is 0 Å². The Balaban J connectivity index is 1.47. The number of rotatable bonds is 3. The fraction of sp³-hybridized carbons (Fsp3) is 0.0588. The lowest BCUT2D eigenvalue weighted by atomic mass is 9.90. The Morgan fingerprint density at radius 3 is 1.59 bits per heavy atom. The predicted molar refractivity (Wildman–Crippen MR) is 147 cm³/mol. The molecule has 0 aromatic heterocycles. The van der Waals surface area contributed by atoms with Gasteiger partial charge in [-0.3, -0.25) is 0 Å². The largest absolute Gasteiger partial charge is 0.0620 e. The van der Waals surface area contributed by atoms with Gasteiger partial charge in [0.1, 0.15) is 0 Å². The van der Waals surface area contributed by atoms with Crippen molar-refractivity contribution in [3.05, 3.63) is 132 Å². The maximum absolute atomic E-state index is 2.33. The average molecular weight is 435 g/mol. The van der Waals surface area contributed by atoms with E-state index in [1.54, 1.807) is 0 Å². The second-order valence-corrected chi connectivity index (χ2v) is 9.12. The van der Waals surface area contributed by atoms with Crippen LogP contribution in [0.5, 0.6) is 0 Å². The molecule has 0 aliphatic rings. The third-order valence-electron chi connectivity index (χ3n) is 6.95. The molecule has 6 rings (SSSR count). The standard InChI is InChI=1S/C34H26/c1-23-9-3-6-12-30(23)33-22-27(16-15-24(33)2)25-17-19-26(20-18-25)34-31-13-7-4-10-28(31)21-29-11-5-8-14-32(29)34/h3-22H,1-2H3. The minimum absolute atomic E-state index is 1.24. The molecule has 0 aliphatic carbocycles. The molecule has 0 radical (unpaired) electrons. The van der Waals surface area contributed by atoms with Crippen molar-refractivity contribution in [3.8, 4) is 33.4 Å². The van der Waals surface area contributed by atoms with E-state index in [-0.39, 0.29) is 0 Å². The normalized spacial score (nSPS) is 11.2. The van der Waals surface area contributed by atoms with Crippen molar-refractivity contribution in [1.29, 1.82) is 0 Å². The fourth-order valence-corrected chi connectivity index (χ4v) is 5.12. The second kappa shape index (κ2) is 8.32. The van der Waals surface area contributed by atoms with Crippen LogP contribution in [0.25, 0.3) is 54.9 Å². The Bertz CT molecular complexity index is 1600. The first-order valence-electron chi connectivity index (χ1n) is 11.9. The van der Waals surface area contributed by atoms with E-state index in [1.165, 1.54) is 66.1 Å². The van der Waals surface area contributed by atoms with Crippen LogP contribution in [0.3, 0.4) is 0 Å². The minimum atomic E-state index is 1.24. The topological polar surface area (TPSA) is 0 Å². The van der Waals surface area contributed by atoms with Crippen LogP contribution in [0.15, 0.2) is 121 Å². The summed E-state index contributed by atoms with van der Waals surface area (Å²) < 4.78 is 0. The number of aryl methyl sites for hydroxylation is 2. The molecular formula is C34H26. The van der Waals surface area contributed by atoms with Gasteiger partial charge in [0.15, 0.2) is 0 Å². The molecule has 0 heterocycles. The highest BCUT2D eigenvalue weighted by Gasteiger charge is 2.11. The zero-order chi connectivity index (χ0) is 23.1. The summed E-state index contributed by atoms with van der Waals surface area (Å²) in [4.78, 5) is 0. The van der Waals surface area contributed by atoms with Crippen molar-refractivity contribution in [2.45, 2.75) is 13.8 Å². The van der Waals surface area contributed by atoms with Crippen LogP contribution < -0.4 is 0 Å². The molecule has 0 atom stereocenters. The highest BCUT2D eigenvalue weighted by atomic mass is 14.1. The Morgan fingerprint density at radius 1 is 0.382 bits per heavy atom. The number of hydrogen-bond acceptors (Lipinski definition) is 0. The fourth-order valence-electron chi connectivity index (χ4n) is 5.12. The third kappa shape index (κ3) is 3.49. The minimum Gasteiger partial charge on any atom is -0.0620 e. The zero-order valence-corrected chi connectivity index (χ0v) is 19.5. The number of fused-ring (bicyclic) bond motifs is 2. The van der Waals surface area contributed by atoms with Crippen molar-refractivity contribution < 1.29 is 0 Å². The Morgan fingerprint density at radius 2 is 0.912 bits per heavy atom. The van der Waals surface area contributed by atoms with Crippen LogP contribution >= 0.6 is 0 Å². The monoisotopic (exact) mass is 434 g/mol. The maximum atomic E-state index is 2.33. The lowest BCUT2D eigenvalue weighted by Crippen LogP contribution is -1.89. The molecule has 0 bridgehead atoms. The molecule has 0 N–H and O–H groups in total. The molecule has 0 aliphatic heterocycles. The molecule has 0 heteroatoms. The summed E-state index contributed by atoms with van der Waals surface area (Å²) in [6.07, 6.45) is 0. The summed E-state index contributed by atoms with van der Waals surface area (Å²) >= 11 is 0. The van der Waals surface area contributed by atoms with E-state index >= 15 is 0 Å². The number of hydrogen-bond donors (Lipinski definition) is 0. The van der Waals surface area contributed by atoms with E-state index in [0.717, 1.165) is 0 Å². The SMILES string of the molecule is Cc1ccccc1-c1cc(-c2ccc(-c3c4ccccc4cc4ccccc34)cc2)ccc1C. The van der Waals surface area contributed by atoms with Gasteiger partial charge in [-0.2, -0.15) is 0 Å². The summed E-state index contributed by atoms with van der Waals surface area (Å²) in [5, 5.41) is 5.15. The molecule has 0 fully saturated rings. The van der Waals surface area contributed by atoms with E-state index < -0.39 is 0 Å². The van der Waals surface area contributed by atoms with E-state index in [4.69, 9.17) is 0 Å². The highest BCUT2D eigenvalue weighted by Crippen LogP contribution is 2.38. The molecule has 0 unspecified atom stereocenters. The van der Waals surface area contributed by atoms with Crippen LogP contribution in [0.1, 0.15) is 11.1 Å². The Kier molecular flexibility index (Phi) is 5.00. The Labute approximate surface area is 201 Å². The molecular weight excluding hydrogens is 408 g/mol. The van der Waals surface area contributed by atoms with Crippen molar-refractivity contribution in [3.63, 3.8) is 0 Å². The smallest absolute Gasteiger partial charge is 0.00268 e. The first-order valence-corrected chi connectivity index (χ1v) is 11.9. The van der Waals surface area contributed by atoms with Gasteiger partial charge < -0.3 is 0 Å². The lowest BCUT2D eigenvalue weighted by molar-refractivity contribution is 1.41. The molecule has 6 aromatic carbocycles. The first-order chi connectivity index (χ1) is 16.7. The predicted octanol–water partition coefficient (Wildman–Crippen LogP) is 9.61. The molecule has 0 amide bonds. The van der Waals surface area contributed by atoms with Gasteiger partial charge in [-0.25, -0.2) is 0 Å². The molecule has 0 spiro atoms. The van der Waals surface area contributed by atoms with Gasteiger partial charge in [0.05, 0.1) is 0 Å². The van der Waals surface area contributed by atoms with Crippen molar-refractivity contribution in [1.82, 2.24) is 0 Å². The van der Waals surface area contributed by atoms with Gasteiger partial charge in [0.2, 0.25) is 0 Å². The van der Waals surface area contributed by atoms with Crippen LogP contribution in [-0.2, 0) is 0 Å². The summed E-state index contributed by atoms with van der Waals surface area (Å²) in [6.45, 7) is 4.38. The average Bonchev–Trinajstić information content (AvgIpc) is 2.88. The Hall–Kier alpha value is -4.16. The van der Waals surface area contributed by atoms with Crippen LogP contribution in [-0.4, -0.2) is 0 Å². The van der Waals surface area contributed by atoms with Gasteiger partial charge in [-0.1, -0.05) is 109 Å². The maximum Gasteiger partial charge on any atom is -0.00268 e. The summed E-state index contributed by atoms with van der Waals surface area (Å²) in [5.41, 5.74) is 10.3. The molecule has 162 valence electrons. The second-order valence-electron chi connectivity index (χ2n) is 9.12. The van der Waals surface area contributed by atoms with Gasteiger partial charge in [0.25, 0.3) is 0 Å². The van der Waals surface area contributed by atoms with Crippen molar-refractivity contribution in [2.24, 2.45) is 0 Å². The van der Waals surface area contributed by atoms with E-state index in [0.29, 0.717) is 0 Å². The summed E-state index contributed by atoms with van der Waals surface area (Å²) in [7, 11) is 0. The third-order valence-corrected chi connectivity index (χ3v) is 6.95. The van der Waals surface area contributed by atoms with Crippen LogP contribution in [0, 0.1) is 13.8 Å². The summed E-state index contributed by atoms with van der Waals surface area (Å²) in [6, 6.07) is 44.2. The molecule has 0 saturated carbocycles. The van der Waals surface area contributed by atoms with Gasteiger partial charge in [-0.05, 0) is 92.0 Å². The van der Waals surface area contributed by atoms with Crippen molar-refractivity contribution >= 4 is 21.5 Å². The molecule has 0 saturated heterocycles. The van der Waals surface area contributed by atoms with Gasteiger partial charge >= 0.3 is 0 Å². The van der Waals surface area contributed by atoms with Gasteiger partial charge in [-0.15, -0.1) is 0 Å². The van der Waals surface area contributed by atoms with Crippen LogP contribution in [0.2, 0.25) is 0 Å². The molecule has 0 nitrogen and oxygen atoms in total. The molecule has 6 aromatic rings. The highest BCUT2D eigenvalue weighted by molar-refractivity contribution is 6.12. The van der Waals surface area contributed by atoms with Crippen LogP contribution in [0.4, 0.5) is 0 Å². The van der Waals surface area contributed by atoms with E-state index in [9.17, 15) is 0 Å². The summed E-state index contributed by atoms with van der Waals surface area (Å²) in [5.74, 6) is 0. The van der Waals surface area contributed by atoms with Gasteiger partial charge in [0, 0.05) is 0 Å². The lowest BCUT2D eigenvalue weighted by Gasteiger charge is -2.14. The number of benzene rings is 6. The molecule has 34 heavy (non-hydrogen) atoms. The van der Waals surface area contributed by atoms with E-state index in [2.05, 4.69) is 135 Å².